The molecule has 27 heavy (non-hydrogen) atoms. The second-order valence-corrected chi connectivity index (χ2v) is 7.50. The molecule has 4 rings (SSSR count). The van der Waals surface area contributed by atoms with Gasteiger partial charge in [0.25, 0.3) is 5.91 Å². The molecule has 0 N–H and O–H groups in total. The van der Waals surface area contributed by atoms with Crippen LogP contribution in [0.3, 0.4) is 0 Å². The minimum absolute atomic E-state index is 0.0657. The number of fused-ring (bicyclic) bond motifs is 1. The van der Waals surface area contributed by atoms with E-state index in [2.05, 4.69) is 26.9 Å². The lowest BCUT2D eigenvalue weighted by molar-refractivity contribution is 0.0737. The molecule has 1 amide bonds. The Morgan fingerprint density at radius 1 is 1.04 bits per heavy atom. The summed E-state index contributed by atoms with van der Waals surface area (Å²) in [4.78, 5) is 17.0. The van der Waals surface area contributed by atoms with E-state index in [-0.39, 0.29) is 5.91 Å². The van der Waals surface area contributed by atoms with Crippen LogP contribution in [0.15, 0.2) is 57.4 Å². The Labute approximate surface area is 165 Å². The molecule has 1 aliphatic heterocycles. The fourth-order valence-corrected chi connectivity index (χ4v) is 3.78. The average molecular weight is 424 g/mol. The van der Waals surface area contributed by atoms with E-state index in [4.69, 9.17) is 9.68 Å². The number of anilines is 1. The van der Waals surface area contributed by atoms with Gasteiger partial charge in [-0.2, -0.15) is 5.26 Å². The third-order valence-electron chi connectivity index (χ3n) is 4.83. The Balaban J connectivity index is 1.48. The summed E-state index contributed by atoms with van der Waals surface area (Å²) in [5.41, 5.74) is 2.45. The van der Waals surface area contributed by atoms with Gasteiger partial charge in [-0.25, -0.2) is 0 Å². The van der Waals surface area contributed by atoms with Gasteiger partial charge >= 0.3 is 0 Å². The van der Waals surface area contributed by atoms with Crippen LogP contribution >= 0.6 is 15.9 Å². The van der Waals surface area contributed by atoms with Crippen LogP contribution in [0.2, 0.25) is 0 Å². The number of benzene rings is 2. The molecule has 1 saturated heterocycles. The van der Waals surface area contributed by atoms with Crippen LogP contribution in [0, 0.1) is 11.3 Å². The maximum Gasteiger partial charge on any atom is 0.289 e. The summed E-state index contributed by atoms with van der Waals surface area (Å²) in [5, 5.41) is 9.85. The first kappa shape index (κ1) is 17.6. The van der Waals surface area contributed by atoms with Crippen molar-refractivity contribution in [2.75, 3.05) is 31.1 Å². The summed E-state index contributed by atoms with van der Waals surface area (Å²) in [6, 6.07) is 17.3. The van der Waals surface area contributed by atoms with Gasteiger partial charge in [0.1, 0.15) is 5.58 Å². The number of rotatable bonds is 2. The number of furan rings is 1. The maximum atomic E-state index is 12.9. The molecule has 1 aliphatic rings. The number of hydrogen-bond donors (Lipinski definition) is 0. The van der Waals surface area contributed by atoms with E-state index in [1.807, 2.05) is 53.4 Å². The number of nitrogens with zero attached hydrogens (tertiary/aromatic N) is 3. The van der Waals surface area contributed by atoms with Gasteiger partial charge in [0.2, 0.25) is 0 Å². The normalized spacial score (nSPS) is 14.8. The molecule has 0 atom stereocenters. The summed E-state index contributed by atoms with van der Waals surface area (Å²) in [7, 11) is 0. The van der Waals surface area contributed by atoms with Crippen LogP contribution in [0.25, 0.3) is 11.0 Å². The van der Waals surface area contributed by atoms with Crippen molar-refractivity contribution in [3.05, 3.63) is 64.3 Å². The van der Waals surface area contributed by atoms with E-state index in [0.717, 1.165) is 40.6 Å². The van der Waals surface area contributed by atoms with Crippen molar-refractivity contribution in [2.24, 2.45) is 0 Å². The number of nitriles is 1. The highest BCUT2D eigenvalue weighted by molar-refractivity contribution is 9.10. The highest BCUT2D eigenvalue weighted by Gasteiger charge is 2.23. The number of hydrogen-bond acceptors (Lipinski definition) is 4. The lowest BCUT2D eigenvalue weighted by Crippen LogP contribution is -2.35. The van der Waals surface area contributed by atoms with Crippen LogP contribution in [0.4, 0.5) is 5.69 Å². The molecule has 0 unspecified atom stereocenters. The Hall–Kier alpha value is -2.78. The van der Waals surface area contributed by atoms with Crippen molar-refractivity contribution in [3.8, 4) is 6.07 Å². The van der Waals surface area contributed by atoms with Crippen molar-refractivity contribution >= 4 is 38.5 Å². The molecule has 5 nitrogen and oxygen atoms in total. The van der Waals surface area contributed by atoms with Crippen molar-refractivity contribution in [2.45, 2.75) is 6.42 Å². The Morgan fingerprint density at radius 3 is 2.63 bits per heavy atom. The summed E-state index contributed by atoms with van der Waals surface area (Å²) in [6.07, 6.45) is 0.886. The van der Waals surface area contributed by atoms with Crippen molar-refractivity contribution in [1.82, 2.24) is 4.90 Å². The molecule has 0 spiro atoms. The highest BCUT2D eigenvalue weighted by atomic mass is 79.9. The molecule has 0 saturated carbocycles. The fourth-order valence-electron chi connectivity index (χ4n) is 3.40. The van der Waals surface area contributed by atoms with Gasteiger partial charge in [0, 0.05) is 41.7 Å². The van der Waals surface area contributed by atoms with Gasteiger partial charge in [-0.1, -0.05) is 15.9 Å². The Bertz CT molecular complexity index is 1020. The molecule has 1 aromatic heterocycles. The van der Waals surface area contributed by atoms with E-state index < -0.39 is 0 Å². The number of amides is 1. The van der Waals surface area contributed by atoms with Crippen LogP contribution in [-0.4, -0.2) is 37.0 Å². The van der Waals surface area contributed by atoms with E-state index in [0.29, 0.717) is 24.4 Å². The number of carbonyl (C=O) groups is 1. The van der Waals surface area contributed by atoms with Gasteiger partial charge in [-0.15, -0.1) is 0 Å². The van der Waals surface area contributed by atoms with Crippen molar-refractivity contribution < 1.29 is 9.21 Å². The highest BCUT2D eigenvalue weighted by Crippen LogP contribution is 2.25. The van der Waals surface area contributed by atoms with Gasteiger partial charge < -0.3 is 14.2 Å². The molecule has 3 aromatic rings. The van der Waals surface area contributed by atoms with Gasteiger partial charge in [0.05, 0.1) is 11.6 Å². The number of halogens is 1. The second kappa shape index (κ2) is 7.45. The number of carbonyl (C=O) groups excluding carboxylic acids is 1. The Kier molecular flexibility index (Phi) is 4.87. The third-order valence-corrected chi connectivity index (χ3v) is 5.33. The van der Waals surface area contributed by atoms with Gasteiger partial charge in [-0.05, 0) is 55.0 Å². The molecular formula is C21H18BrN3O2. The topological polar surface area (TPSA) is 60.5 Å². The minimum atomic E-state index is -0.0657. The average Bonchev–Trinajstić information content (AvgIpc) is 2.95. The maximum absolute atomic E-state index is 12.9. The van der Waals surface area contributed by atoms with Crippen LogP contribution in [0.5, 0.6) is 0 Å². The quantitative estimate of drug-likeness (QED) is 0.611. The van der Waals surface area contributed by atoms with E-state index in [1.165, 1.54) is 0 Å². The monoisotopic (exact) mass is 423 g/mol. The predicted molar refractivity (Wildman–Crippen MR) is 108 cm³/mol. The predicted octanol–water partition coefficient (Wildman–Crippen LogP) is 4.42. The summed E-state index contributed by atoms with van der Waals surface area (Å²) < 4.78 is 6.72. The summed E-state index contributed by atoms with van der Waals surface area (Å²) in [6.45, 7) is 2.97. The van der Waals surface area contributed by atoms with E-state index in [1.54, 1.807) is 0 Å². The smallest absolute Gasteiger partial charge is 0.289 e. The van der Waals surface area contributed by atoms with Crippen LogP contribution in [-0.2, 0) is 0 Å². The molecule has 6 heteroatoms. The Morgan fingerprint density at radius 2 is 1.85 bits per heavy atom. The third kappa shape index (κ3) is 3.69. The zero-order valence-electron chi connectivity index (χ0n) is 14.7. The molecule has 0 aliphatic carbocycles. The molecule has 2 aromatic carbocycles. The lowest BCUT2D eigenvalue weighted by Gasteiger charge is -2.23. The van der Waals surface area contributed by atoms with Gasteiger partial charge in [0.15, 0.2) is 5.76 Å². The largest absolute Gasteiger partial charge is 0.451 e. The molecule has 2 heterocycles. The summed E-state index contributed by atoms with van der Waals surface area (Å²) in [5.74, 6) is 0.318. The first-order valence-electron chi connectivity index (χ1n) is 8.87. The first-order chi connectivity index (χ1) is 13.1. The van der Waals surface area contributed by atoms with Crippen LogP contribution < -0.4 is 4.90 Å². The fraction of sp³-hybridized carbons (Fsp3) is 0.238. The second-order valence-electron chi connectivity index (χ2n) is 6.58. The van der Waals surface area contributed by atoms with Crippen molar-refractivity contribution in [3.63, 3.8) is 0 Å². The molecular weight excluding hydrogens is 406 g/mol. The molecule has 1 fully saturated rings. The van der Waals surface area contributed by atoms with E-state index in [9.17, 15) is 4.79 Å². The SMILES string of the molecule is N#Cc1ccc(N2CCCN(C(=O)c3cc4cc(Br)ccc4o3)CC2)cc1. The van der Waals surface area contributed by atoms with Crippen LogP contribution in [0.1, 0.15) is 22.5 Å². The summed E-state index contributed by atoms with van der Waals surface area (Å²) >= 11 is 3.44. The lowest BCUT2D eigenvalue weighted by atomic mass is 10.2. The molecule has 0 radical (unpaired) electrons. The first-order valence-corrected chi connectivity index (χ1v) is 9.67. The molecule has 136 valence electrons. The van der Waals surface area contributed by atoms with E-state index >= 15 is 0 Å². The zero-order chi connectivity index (χ0) is 18.8. The van der Waals surface area contributed by atoms with Crippen molar-refractivity contribution in [1.29, 1.82) is 5.26 Å². The minimum Gasteiger partial charge on any atom is -0.451 e. The van der Waals surface area contributed by atoms with Gasteiger partial charge in [-0.3, -0.25) is 4.79 Å². The molecule has 0 bridgehead atoms. The zero-order valence-corrected chi connectivity index (χ0v) is 16.3. The standard InChI is InChI=1S/C21H18BrN3O2/c22-17-4-7-19-16(12-17)13-20(27-19)21(26)25-9-1-8-24(10-11-25)18-5-2-15(14-23)3-6-18/h2-7,12-13H,1,8-11H2.